The molecule has 3 aliphatic rings. The van der Waals surface area contributed by atoms with Crippen molar-refractivity contribution in [2.45, 2.75) is 38.1 Å². The second kappa shape index (κ2) is 9.42. The Hall–Kier alpha value is -2.71. The van der Waals surface area contributed by atoms with Crippen molar-refractivity contribution < 1.29 is 9.59 Å². The van der Waals surface area contributed by atoms with E-state index in [2.05, 4.69) is 49.8 Å². The number of amides is 2. The third kappa shape index (κ3) is 4.86. The molecule has 7 nitrogen and oxygen atoms in total. The highest BCUT2D eigenvalue weighted by Crippen LogP contribution is 2.26. The predicted octanol–water partition coefficient (Wildman–Crippen LogP) is 3.16. The van der Waals surface area contributed by atoms with Crippen LogP contribution in [0.2, 0.25) is 0 Å². The largest absolute Gasteiger partial charge is 0.341 e. The molecule has 1 atom stereocenters. The molecule has 8 heteroatoms. The Bertz CT molecular complexity index is 1050. The number of thioether (sulfide) groups is 1. The number of piperidine rings is 1. The van der Waals surface area contributed by atoms with E-state index in [-0.39, 0.29) is 11.1 Å². The maximum atomic E-state index is 11.8. The summed E-state index contributed by atoms with van der Waals surface area (Å²) in [6, 6.07) is 11.1. The minimum atomic E-state index is -0.366. The quantitative estimate of drug-likeness (QED) is 0.678. The number of hydrogen-bond acceptors (Lipinski definition) is 7. The maximum Gasteiger partial charge on any atom is 0.290 e. The van der Waals surface area contributed by atoms with Crippen molar-refractivity contribution in [3.05, 3.63) is 58.3 Å². The number of anilines is 1. The van der Waals surface area contributed by atoms with Gasteiger partial charge in [-0.3, -0.25) is 14.9 Å². The van der Waals surface area contributed by atoms with Gasteiger partial charge in [0.15, 0.2) is 0 Å². The van der Waals surface area contributed by atoms with Crippen molar-refractivity contribution in [1.29, 1.82) is 0 Å². The summed E-state index contributed by atoms with van der Waals surface area (Å²) in [6.07, 6.45) is 9.10. The highest BCUT2D eigenvalue weighted by molar-refractivity contribution is 8.18. The summed E-state index contributed by atoms with van der Waals surface area (Å²) in [4.78, 5) is 34.7. The molecule has 1 aromatic heterocycles. The number of benzene rings is 1. The molecule has 3 heterocycles. The minimum Gasteiger partial charge on any atom is -0.341 e. The van der Waals surface area contributed by atoms with Crippen LogP contribution in [0.15, 0.2) is 41.4 Å². The van der Waals surface area contributed by atoms with E-state index in [4.69, 9.17) is 0 Å². The van der Waals surface area contributed by atoms with Crippen LogP contribution in [-0.2, 0) is 17.6 Å². The average molecular weight is 450 g/mol. The minimum absolute atomic E-state index is 0.344. The summed E-state index contributed by atoms with van der Waals surface area (Å²) in [7, 11) is 0. The van der Waals surface area contributed by atoms with E-state index in [1.54, 1.807) is 18.3 Å². The Labute approximate surface area is 192 Å². The molecule has 2 amide bonds. The molecule has 5 rings (SSSR count). The van der Waals surface area contributed by atoms with Crippen LogP contribution in [0.4, 0.5) is 10.7 Å². The van der Waals surface area contributed by atoms with Gasteiger partial charge in [-0.15, -0.1) is 0 Å². The van der Waals surface area contributed by atoms with Gasteiger partial charge < -0.3 is 10.2 Å². The van der Waals surface area contributed by atoms with Gasteiger partial charge in [-0.1, -0.05) is 24.3 Å². The third-order valence-electron chi connectivity index (χ3n) is 6.52. The van der Waals surface area contributed by atoms with Crippen LogP contribution in [0, 0.1) is 5.92 Å². The van der Waals surface area contributed by atoms with Gasteiger partial charge in [0.05, 0.1) is 10.6 Å². The molecule has 2 fully saturated rings. The first-order valence-electron chi connectivity index (χ1n) is 11.3. The van der Waals surface area contributed by atoms with Gasteiger partial charge in [-0.25, -0.2) is 9.97 Å². The van der Waals surface area contributed by atoms with Crippen LogP contribution in [0.5, 0.6) is 0 Å². The molecule has 166 valence electrons. The number of fused-ring (bicyclic) bond motifs is 1. The Morgan fingerprint density at radius 3 is 2.72 bits per heavy atom. The highest BCUT2D eigenvalue weighted by Gasteiger charge is 2.26. The number of aromatic nitrogens is 2. The fourth-order valence-electron chi connectivity index (χ4n) is 4.69. The molecule has 2 N–H and O–H groups in total. The molecule has 0 saturated carbocycles. The number of carbonyl (C=O) groups is 2. The van der Waals surface area contributed by atoms with E-state index < -0.39 is 0 Å². The highest BCUT2D eigenvalue weighted by atomic mass is 32.2. The lowest BCUT2D eigenvalue weighted by molar-refractivity contribution is -0.115. The summed E-state index contributed by atoms with van der Waals surface area (Å²) >= 11 is 0.904. The zero-order valence-electron chi connectivity index (χ0n) is 17.9. The van der Waals surface area contributed by atoms with Gasteiger partial charge in [-0.05, 0) is 79.6 Å². The van der Waals surface area contributed by atoms with Crippen molar-refractivity contribution >= 4 is 34.9 Å². The first kappa shape index (κ1) is 21.2. The topological polar surface area (TPSA) is 87.2 Å². The van der Waals surface area contributed by atoms with Crippen LogP contribution in [0.25, 0.3) is 6.08 Å². The van der Waals surface area contributed by atoms with Crippen LogP contribution >= 0.6 is 11.8 Å². The standard InChI is InChI=1S/C24H27N5O2S/c30-22-21(32-24(31)28-22)14-20-7-10-25-23(27-20)29-11-8-16(9-12-29)15-26-19-6-5-17-3-1-2-4-18(17)13-19/h1-4,7,10,14,16,19,26H,5-6,8-9,11-13,15H2,(H,28,30,31)/b21-14+. The first-order valence-corrected chi connectivity index (χ1v) is 12.1. The van der Waals surface area contributed by atoms with Crippen molar-refractivity contribution in [3.8, 4) is 0 Å². The summed E-state index contributed by atoms with van der Waals surface area (Å²) in [5, 5.41) is 5.74. The second-order valence-electron chi connectivity index (χ2n) is 8.68. The molecule has 0 radical (unpaired) electrons. The summed E-state index contributed by atoms with van der Waals surface area (Å²) < 4.78 is 0. The SMILES string of the molecule is O=C1NC(=O)/C(=C\c2ccnc(N3CCC(CNC4CCc5ccccc5C4)CC3)n2)S1. The van der Waals surface area contributed by atoms with Gasteiger partial charge in [0.1, 0.15) is 0 Å². The van der Waals surface area contributed by atoms with Gasteiger partial charge >= 0.3 is 0 Å². The molecule has 0 spiro atoms. The number of aryl methyl sites for hydroxylation is 1. The fraction of sp³-hybridized carbons (Fsp3) is 0.417. The Kier molecular flexibility index (Phi) is 6.23. The number of carbonyl (C=O) groups excluding carboxylic acids is 2. The molecular formula is C24H27N5O2S. The van der Waals surface area contributed by atoms with Crippen molar-refractivity contribution in [2.24, 2.45) is 5.92 Å². The number of nitrogens with zero attached hydrogens (tertiary/aromatic N) is 3. The molecule has 2 aromatic rings. The Morgan fingerprint density at radius 1 is 1.12 bits per heavy atom. The van der Waals surface area contributed by atoms with E-state index in [1.165, 1.54) is 24.0 Å². The van der Waals surface area contributed by atoms with E-state index in [1.807, 2.05) is 0 Å². The van der Waals surface area contributed by atoms with Gasteiger partial charge in [0, 0.05) is 25.3 Å². The zero-order chi connectivity index (χ0) is 21.9. The second-order valence-corrected chi connectivity index (χ2v) is 9.70. The molecule has 32 heavy (non-hydrogen) atoms. The number of nitrogens with one attached hydrogen (secondary N) is 2. The summed E-state index contributed by atoms with van der Waals surface area (Å²) in [6.45, 7) is 2.91. The summed E-state index contributed by atoms with van der Waals surface area (Å²) in [5.41, 5.74) is 3.65. The van der Waals surface area contributed by atoms with Crippen LogP contribution in [0.3, 0.4) is 0 Å². The third-order valence-corrected chi connectivity index (χ3v) is 7.34. The lowest BCUT2D eigenvalue weighted by Crippen LogP contribution is -2.42. The smallest absolute Gasteiger partial charge is 0.290 e. The Balaban J connectivity index is 1.12. The normalized spacial score (nSPS) is 22.8. The molecule has 0 bridgehead atoms. The summed E-state index contributed by atoms with van der Waals surface area (Å²) in [5.74, 6) is 0.984. The van der Waals surface area contributed by atoms with Crippen molar-refractivity contribution in [1.82, 2.24) is 20.6 Å². The molecule has 2 saturated heterocycles. The van der Waals surface area contributed by atoms with E-state index in [9.17, 15) is 9.59 Å². The van der Waals surface area contributed by atoms with Crippen molar-refractivity contribution in [2.75, 3.05) is 24.5 Å². The van der Waals surface area contributed by atoms with Crippen LogP contribution in [0.1, 0.15) is 36.1 Å². The Morgan fingerprint density at radius 2 is 1.94 bits per heavy atom. The van der Waals surface area contributed by atoms with Crippen molar-refractivity contribution in [3.63, 3.8) is 0 Å². The average Bonchev–Trinajstić information content (AvgIpc) is 3.14. The molecule has 1 aliphatic carbocycles. The lowest BCUT2D eigenvalue weighted by Gasteiger charge is -2.33. The molecule has 2 aliphatic heterocycles. The molecular weight excluding hydrogens is 422 g/mol. The van der Waals surface area contributed by atoms with Gasteiger partial charge in [-0.2, -0.15) is 0 Å². The maximum absolute atomic E-state index is 11.8. The number of imide groups is 1. The molecule has 1 aromatic carbocycles. The number of hydrogen-bond donors (Lipinski definition) is 2. The zero-order valence-corrected chi connectivity index (χ0v) is 18.7. The van der Waals surface area contributed by atoms with Gasteiger partial charge in [0.2, 0.25) is 5.95 Å². The van der Waals surface area contributed by atoms with E-state index in [0.29, 0.717) is 28.5 Å². The van der Waals surface area contributed by atoms with E-state index >= 15 is 0 Å². The first-order chi connectivity index (χ1) is 15.6. The number of rotatable bonds is 5. The van der Waals surface area contributed by atoms with E-state index in [0.717, 1.165) is 50.7 Å². The van der Waals surface area contributed by atoms with Crippen LogP contribution in [-0.4, -0.2) is 46.8 Å². The fourth-order valence-corrected chi connectivity index (χ4v) is 5.36. The monoisotopic (exact) mass is 449 g/mol. The molecule has 1 unspecified atom stereocenters. The predicted molar refractivity (Wildman–Crippen MR) is 126 cm³/mol. The van der Waals surface area contributed by atoms with Crippen LogP contribution < -0.4 is 15.5 Å². The lowest BCUT2D eigenvalue weighted by atomic mass is 9.87. The van der Waals surface area contributed by atoms with Gasteiger partial charge in [0.25, 0.3) is 11.1 Å².